The van der Waals surface area contributed by atoms with Crippen molar-refractivity contribution in [2.45, 2.75) is 6.92 Å². The van der Waals surface area contributed by atoms with Crippen molar-refractivity contribution < 1.29 is 9.90 Å². The van der Waals surface area contributed by atoms with Crippen LogP contribution in [0.2, 0.25) is 0 Å². The van der Waals surface area contributed by atoms with Gasteiger partial charge in [0.25, 0.3) is 0 Å². The summed E-state index contributed by atoms with van der Waals surface area (Å²) in [5.74, 6) is -0.400. The number of pyridine rings is 1. The predicted octanol–water partition coefficient (Wildman–Crippen LogP) is 3.00. The van der Waals surface area contributed by atoms with Gasteiger partial charge in [0.15, 0.2) is 5.82 Å². The molecule has 0 aliphatic heterocycles. The SMILES string of the molecule is Cc1ccc(-c2nn(-c3ccccn3)cc2C(=O)O)s1. The molecule has 0 saturated carbocycles. The second kappa shape index (κ2) is 4.90. The lowest BCUT2D eigenvalue weighted by Gasteiger charge is -1.97. The van der Waals surface area contributed by atoms with Crippen LogP contribution in [0.5, 0.6) is 0 Å². The first-order valence-corrected chi connectivity index (χ1v) is 6.78. The minimum atomic E-state index is -0.992. The summed E-state index contributed by atoms with van der Waals surface area (Å²) in [7, 11) is 0. The van der Waals surface area contributed by atoms with Crippen LogP contribution in [0.1, 0.15) is 15.2 Å². The highest BCUT2D eigenvalue weighted by atomic mass is 32.1. The Morgan fingerprint density at radius 2 is 2.15 bits per heavy atom. The summed E-state index contributed by atoms with van der Waals surface area (Å²) < 4.78 is 1.49. The molecule has 0 bridgehead atoms. The van der Waals surface area contributed by atoms with Crippen LogP contribution in [0, 0.1) is 6.92 Å². The van der Waals surface area contributed by atoms with E-state index in [9.17, 15) is 9.90 Å². The molecule has 3 rings (SSSR count). The molecule has 100 valence electrons. The normalized spacial score (nSPS) is 10.7. The lowest BCUT2D eigenvalue weighted by atomic mass is 10.2. The van der Waals surface area contributed by atoms with Gasteiger partial charge in [-0.2, -0.15) is 5.10 Å². The molecule has 5 nitrogen and oxygen atoms in total. The Morgan fingerprint density at radius 1 is 1.30 bits per heavy atom. The van der Waals surface area contributed by atoms with Crippen molar-refractivity contribution in [3.05, 3.63) is 53.2 Å². The summed E-state index contributed by atoms with van der Waals surface area (Å²) in [5, 5.41) is 13.7. The Hall–Kier alpha value is -2.47. The number of thiophene rings is 1. The molecule has 0 aliphatic carbocycles. The quantitative estimate of drug-likeness (QED) is 0.803. The van der Waals surface area contributed by atoms with Crippen LogP contribution in [0.4, 0.5) is 0 Å². The van der Waals surface area contributed by atoms with Gasteiger partial charge in [-0.3, -0.25) is 0 Å². The molecule has 0 atom stereocenters. The molecule has 20 heavy (non-hydrogen) atoms. The molecule has 0 unspecified atom stereocenters. The molecular formula is C14H11N3O2S. The predicted molar refractivity (Wildman–Crippen MR) is 76.4 cm³/mol. The Labute approximate surface area is 119 Å². The maximum Gasteiger partial charge on any atom is 0.339 e. The van der Waals surface area contributed by atoms with E-state index in [4.69, 9.17) is 0 Å². The molecule has 0 fully saturated rings. The summed E-state index contributed by atoms with van der Waals surface area (Å²) in [6, 6.07) is 9.25. The summed E-state index contributed by atoms with van der Waals surface area (Å²) in [6.07, 6.45) is 3.14. The van der Waals surface area contributed by atoms with Gasteiger partial charge < -0.3 is 5.11 Å². The average molecular weight is 285 g/mol. The molecule has 3 aromatic rings. The van der Waals surface area contributed by atoms with Gasteiger partial charge in [-0.25, -0.2) is 14.5 Å². The van der Waals surface area contributed by atoms with E-state index in [2.05, 4.69) is 10.1 Å². The van der Waals surface area contributed by atoms with Crippen molar-refractivity contribution in [2.75, 3.05) is 0 Å². The highest BCUT2D eigenvalue weighted by Gasteiger charge is 2.19. The summed E-state index contributed by atoms with van der Waals surface area (Å²) in [4.78, 5) is 17.5. The average Bonchev–Trinajstić information content (AvgIpc) is 3.05. The van der Waals surface area contributed by atoms with E-state index in [0.717, 1.165) is 9.75 Å². The van der Waals surface area contributed by atoms with E-state index in [0.29, 0.717) is 11.5 Å². The second-order valence-corrected chi connectivity index (χ2v) is 5.53. The maximum absolute atomic E-state index is 11.4. The summed E-state index contributed by atoms with van der Waals surface area (Å²) in [6.45, 7) is 1.98. The minimum Gasteiger partial charge on any atom is -0.478 e. The Morgan fingerprint density at radius 3 is 2.75 bits per heavy atom. The number of hydrogen-bond acceptors (Lipinski definition) is 4. The van der Waals surface area contributed by atoms with Crippen molar-refractivity contribution in [1.82, 2.24) is 14.8 Å². The third-order valence-electron chi connectivity index (χ3n) is 2.80. The maximum atomic E-state index is 11.4. The van der Waals surface area contributed by atoms with Crippen molar-refractivity contribution in [3.63, 3.8) is 0 Å². The fraction of sp³-hybridized carbons (Fsp3) is 0.0714. The van der Waals surface area contributed by atoms with Crippen molar-refractivity contribution in [1.29, 1.82) is 0 Å². The molecule has 3 aromatic heterocycles. The Balaban J connectivity index is 2.15. The van der Waals surface area contributed by atoms with Crippen molar-refractivity contribution >= 4 is 17.3 Å². The lowest BCUT2D eigenvalue weighted by molar-refractivity contribution is 0.0697. The minimum absolute atomic E-state index is 0.178. The van der Waals surface area contributed by atoms with Gasteiger partial charge in [-0.1, -0.05) is 6.07 Å². The Bertz CT molecular complexity index is 762. The first-order chi connectivity index (χ1) is 9.65. The summed E-state index contributed by atoms with van der Waals surface area (Å²) >= 11 is 1.52. The number of carbonyl (C=O) groups is 1. The van der Waals surface area contributed by atoms with Crippen LogP contribution in [-0.2, 0) is 0 Å². The van der Waals surface area contributed by atoms with Crippen LogP contribution in [-0.4, -0.2) is 25.8 Å². The standard InChI is InChI=1S/C14H11N3O2S/c1-9-5-6-11(20-9)13-10(14(18)19)8-17(16-13)12-4-2-3-7-15-12/h2-8H,1H3,(H,18,19). The second-order valence-electron chi connectivity index (χ2n) is 4.24. The molecule has 0 saturated heterocycles. The van der Waals surface area contributed by atoms with Crippen molar-refractivity contribution in [2.24, 2.45) is 0 Å². The van der Waals surface area contributed by atoms with Crippen LogP contribution in [0.3, 0.4) is 0 Å². The van der Waals surface area contributed by atoms with E-state index >= 15 is 0 Å². The first kappa shape index (κ1) is 12.6. The van der Waals surface area contributed by atoms with Crippen LogP contribution >= 0.6 is 11.3 Å². The summed E-state index contributed by atoms with van der Waals surface area (Å²) in [5.41, 5.74) is 0.652. The van der Waals surface area contributed by atoms with Gasteiger partial charge in [0.05, 0.1) is 4.88 Å². The molecule has 0 amide bonds. The van der Waals surface area contributed by atoms with E-state index in [1.807, 2.05) is 25.1 Å². The molecule has 0 spiro atoms. The molecule has 6 heteroatoms. The molecule has 0 radical (unpaired) electrons. The van der Waals surface area contributed by atoms with Crippen molar-refractivity contribution in [3.8, 4) is 16.4 Å². The first-order valence-electron chi connectivity index (χ1n) is 5.96. The van der Waals surface area contributed by atoms with Gasteiger partial charge in [0.2, 0.25) is 0 Å². The number of hydrogen-bond donors (Lipinski definition) is 1. The van der Waals surface area contributed by atoms with E-state index < -0.39 is 5.97 Å². The number of aromatic nitrogens is 3. The highest BCUT2D eigenvalue weighted by Crippen LogP contribution is 2.29. The van der Waals surface area contributed by atoms with Gasteiger partial charge in [-0.15, -0.1) is 11.3 Å². The third kappa shape index (κ3) is 2.21. The Kier molecular flexibility index (Phi) is 3.08. The number of aryl methyl sites for hydroxylation is 1. The zero-order chi connectivity index (χ0) is 14.1. The fourth-order valence-electron chi connectivity index (χ4n) is 1.88. The molecule has 3 heterocycles. The number of carboxylic acids is 1. The number of carboxylic acid groups (broad SMARTS) is 1. The smallest absolute Gasteiger partial charge is 0.339 e. The lowest BCUT2D eigenvalue weighted by Crippen LogP contribution is -1.97. The van der Waals surface area contributed by atoms with E-state index in [1.54, 1.807) is 18.3 Å². The number of aromatic carboxylic acids is 1. The van der Waals surface area contributed by atoms with Crippen LogP contribution in [0.15, 0.2) is 42.7 Å². The molecule has 0 aliphatic rings. The van der Waals surface area contributed by atoms with Gasteiger partial charge in [0.1, 0.15) is 11.3 Å². The fourth-order valence-corrected chi connectivity index (χ4v) is 2.75. The van der Waals surface area contributed by atoms with Gasteiger partial charge >= 0.3 is 5.97 Å². The molecule has 1 N–H and O–H groups in total. The van der Waals surface area contributed by atoms with E-state index in [-0.39, 0.29) is 5.56 Å². The molecular weight excluding hydrogens is 274 g/mol. The van der Waals surface area contributed by atoms with Gasteiger partial charge in [0, 0.05) is 17.3 Å². The van der Waals surface area contributed by atoms with Crippen LogP contribution in [0.25, 0.3) is 16.4 Å². The topological polar surface area (TPSA) is 68.0 Å². The van der Waals surface area contributed by atoms with Gasteiger partial charge in [-0.05, 0) is 31.2 Å². The van der Waals surface area contributed by atoms with E-state index in [1.165, 1.54) is 22.2 Å². The monoisotopic (exact) mass is 285 g/mol. The number of rotatable bonds is 3. The third-order valence-corrected chi connectivity index (χ3v) is 3.81. The highest BCUT2D eigenvalue weighted by molar-refractivity contribution is 7.15. The molecule has 0 aromatic carbocycles. The van der Waals surface area contributed by atoms with Crippen LogP contribution < -0.4 is 0 Å². The number of nitrogens with zero attached hydrogens (tertiary/aromatic N) is 3. The largest absolute Gasteiger partial charge is 0.478 e. The zero-order valence-corrected chi connectivity index (χ0v) is 11.5. The zero-order valence-electron chi connectivity index (χ0n) is 10.6.